The van der Waals surface area contributed by atoms with Gasteiger partial charge >= 0.3 is 8.80 Å². The molecule has 0 bridgehead atoms. The monoisotopic (exact) mass is 260 g/mol. The first kappa shape index (κ1) is 14.8. The van der Waals surface area contributed by atoms with E-state index in [2.05, 4.69) is 0 Å². The van der Waals surface area contributed by atoms with Crippen molar-refractivity contribution in [2.24, 2.45) is 5.92 Å². The van der Waals surface area contributed by atoms with E-state index in [1.165, 1.54) is 0 Å². The largest absolute Gasteiger partial charge is 0.500 e. The number of carbonyl (C=O) groups excluding carboxylic acids is 1. The lowest BCUT2D eigenvalue weighted by molar-refractivity contribution is -0.121. The van der Waals surface area contributed by atoms with Gasteiger partial charge in [-0.2, -0.15) is 0 Å². The van der Waals surface area contributed by atoms with E-state index in [4.69, 9.17) is 13.3 Å². The first-order valence-corrected chi connectivity index (χ1v) is 8.26. The van der Waals surface area contributed by atoms with Gasteiger partial charge in [-0.25, -0.2) is 0 Å². The summed E-state index contributed by atoms with van der Waals surface area (Å²) in [5.41, 5.74) is 0. The summed E-state index contributed by atoms with van der Waals surface area (Å²) < 4.78 is 16.1. The lowest BCUT2D eigenvalue weighted by atomic mass is 9.86. The van der Waals surface area contributed by atoms with Gasteiger partial charge in [0.25, 0.3) is 0 Å². The molecule has 0 spiro atoms. The zero-order valence-corrected chi connectivity index (χ0v) is 12.2. The predicted molar refractivity (Wildman–Crippen MR) is 67.8 cm³/mol. The van der Waals surface area contributed by atoms with Gasteiger partial charge in [-0.05, 0) is 25.2 Å². The first-order valence-electron chi connectivity index (χ1n) is 6.33. The summed E-state index contributed by atoms with van der Waals surface area (Å²) in [6, 6.07) is 0.862. The quantitative estimate of drug-likeness (QED) is 0.659. The van der Waals surface area contributed by atoms with Gasteiger partial charge < -0.3 is 13.3 Å². The molecule has 1 fully saturated rings. The molecule has 5 heteroatoms. The van der Waals surface area contributed by atoms with Crippen LogP contribution < -0.4 is 0 Å². The maximum absolute atomic E-state index is 11.1. The molecule has 1 saturated carbocycles. The van der Waals surface area contributed by atoms with E-state index in [0.717, 1.165) is 44.6 Å². The Kier molecular flexibility index (Phi) is 6.33. The second-order valence-electron chi connectivity index (χ2n) is 4.67. The highest BCUT2D eigenvalue weighted by Gasteiger charge is 2.37. The molecule has 0 radical (unpaired) electrons. The van der Waals surface area contributed by atoms with E-state index in [1.54, 1.807) is 21.3 Å². The molecule has 1 aliphatic rings. The third-order valence-electron chi connectivity index (χ3n) is 3.69. The topological polar surface area (TPSA) is 44.8 Å². The molecular formula is C12H24O4Si. The lowest BCUT2D eigenvalue weighted by Crippen LogP contribution is -2.42. The second-order valence-corrected chi connectivity index (χ2v) is 7.76. The Hall–Kier alpha value is -0.233. The third-order valence-corrected chi connectivity index (χ3v) is 6.52. The molecule has 0 heterocycles. The fraction of sp³-hybridized carbons (Fsp3) is 0.917. The van der Waals surface area contributed by atoms with Crippen LogP contribution in [0.1, 0.15) is 38.5 Å². The molecule has 0 N–H and O–H groups in total. The summed E-state index contributed by atoms with van der Waals surface area (Å²) in [7, 11) is 2.57. The van der Waals surface area contributed by atoms with Crippen molar-refractivity contribution in [1.82, 2.24) is 0 Å². The van der Waals surface area contributed by atoms with Gasteiger partial charge in [-0.15, -0.1) is 0 Å². The molecule has 100 valence electrons. The molecule has 0 aromatic rings. The van der Waals surface area contributed by atoms with Crippen molar-refractivity contribution in [2.75, 3.05) is 21.3 Å². The third kappa shape index (κ3) is 4.50. The molecule has 1 rings (SSSR count). The molecule has 0 unspecified atom stereocenters. The molecular weight excluding hydrogens is 236 g/mol. The Morgan fingerprint density at radius 1 is 1.12 bits per heavy atom. The standard InChI is InChI=1S/C12H24O4Si/c1-14-17(15-2,16-3)10-4-5-11-6-8-12(13)9-7-11/h11H,4-10H2,1-3H3. The van der Waals surface area contributed by atoms with Gasteiger partial charge in [0, 0.05) is 40.2 Å². The Balaban J connectivity index is 2.24. The SMILES string of the molecule is CO[Si](CCCC1CCC(=O)CC1)(OC)OC. The van der Waals surface area contributed by atoms with E-state index in [-0.39, 0.29) is 0 Å². The average molecular weight is 260 g/mol. The fourth-order valence-electron chi connectivity index (χ4n) is 2.45. The Labute approximate surface area is 105 Å². The Morgan fingerprint density at radius 3 is 2.12 bits per heavy atom. The number of hydrogen-bond donors (Lipinski definition) is 0. The lowest BCUT2D eigenvalue weighted by Gasteiger charge is -2.26. The molecule has 0 aromatic heterocycles. The number of carbonyl (C=O) groups is 1. The van der Waals surface area contributed by atoms with Gasteiger partial charge in [0.1, 0.15) is 5.78 Å². The molecule has 0 saturated heterocycles. The van der Waals surface area contributed by atoms with Crippen molar-refractivity contribution in [3.8, 4) is 0 Å². The van der Waals surface area contributed by atoms with Crippen molar-refractivity contribution in [3.05, 3.63) is 0 Å². The van der Waals surface area contributed by atoms with E-state index >= 15 is 0 Å². The zero-order valence-electron chi connectivity index (χ0n) is 11.2. The maximum Gasteiger partial charge on any atom is 0.500 e. The smallest absolute Gasteiger partial charge is 0.377 e. The Morgan fingerprint density at radius 2 is 1.65 bits per heavy atom. The van der Waals surface area contributed by atoms with E-state index in [9.17, 15) is 4.79 Å². The van der Waals surface area contributed by atoms with Crippen LogP contribution in [0.3, 0.4) is 0 Å². The van der Waals surface area contributed by atoms with E-state index < -0.39 is 8.80 Å². The molecule has 0 aliphatic heterocycles. The molecule has 0 aromatic carbocycles. The summed E-state index contributed by atoms with van der Waals surface area (Å²) in [6.07, 6.45) is 5.86. The van der Waals surface area contributed by atoms with Crippen molar-refractivity contribution >= 4 is 14.6 Å². The van der Waals surface area contributed by atoms with Gasteiger partial charge in [0.15, 0.2) is 0 Å². The fourth-order valence-corrected chi connectivity index (χ4v) is 4.20. The summed E-state index contributed by atoms with van der Waals surface area (Å²) >= 11 is 0. The number of hydrogen-bond acceptors (Lipinski definition) is 4. The van der Waals surface area contributed by atoms with Gasteiger partial charge in [0.05, 0.1) is 0 Å². The summed E-state index contributed by atoms with van der Waals surface area (Å²) in [5, 5.41) is 0. The number of Topliss-reactive ketones (excluding diaryl/α,β-unsaturated/α-hetero) is 1. The van der Waals surface area contributed by atoms with Crippen molar-refractivity contribution in [1.29, 1.82) is 0 Å². The maximum atomic E-state index is 11.1. The highest BCUT2D eigenvalue weighted by molar-refractivity contribution is 6.60. The minimum Gasteiger partial charge on any atom is -0.377 e. The van der Waals surface area contributed by atoms with Gasteiger partial charge in [-0.3, -0.25) is 4.79 Å². The van der Waals surface area contributed by atoms with Crippen LogP contribution in [-0.4, -0.2) is 35.9 Å². The molecule has 17 heavy (non-hydrogen) atoms. The number of ketones is 1. The van der Waals surface area contributed by atoms with Crippen molar-refractivity contribution in [2.45, 2.75) is 44.6 Å². The van der Waals surface area contributed by atoms with E-state index in [0.29, 0.717) is 11.7 Å². The van der Waals surface area contributed by atoms with Crippen LogP contribution in [0, 0.1) is 5.92 Å². The minimum atomic E-state index is -2.38. The average Bonchev–Trinajstić information content (AvgIpc) is 2.38. The van der Waals surface area contributed by atoms with Crippen LogP contribution in [0.25, 0.3) is 0 Å². The molecule has 0 atom stereocenters. The van der Waals surface area contributed by atoms with Gasteiger partial charge in [0.2, 0.25) is 0 Å². The first-order chi connectivity index (χ1) is 8.15. The predicted octanol–water partition coefficient (Wildman–Crippen LogP) is 2.40. The molecule has 1 aliphatic carbocycles. The summed E-state index contributed by atoms with van der Waals surface area (Å²) in [5.74, 6) is 1.13. The summed E-state index contributed by atoms with van der Waals surface area (Å²) in [4.78, 5) is 11.1. The number of rotatable bonds is 7. The van der Waals surface area contributed by atoms with Crippen LogP contribution in [-0.2, 0) is 18.1 Å². The molecule has 4 nitrogen and oxygen atoms in total. The second kappa shape index (κ2) is 7.26. The van der Waals surface area contributed by atoms with Crippen LogP contribution in [0.2, 0.25) is 6.04 Å². The van der Waals surface area contributed by atoms with Crippen LogP contribution >= 0.6 is 0 Å². The normalized spacial score (nSPS) is 18.6. The van der Waals surface area contributed by atoms with Crippen molar-refractivity contribution in [3.63, 3.8) is 0 Å². The van der Waals surface area contributed by atoms with Crippen molar-refractivity contribution < 1.29 is 18.1 Å². The van der Waals surface area contributed by atoms with Crippen LogP contribution in [0.4, 0.5) is 0 Å². The highest BCUT2D eigenvalue weighted by Crippen LogP contribution is 2.27. The zero-order chi connectivity index (χ0) is 12.7. The Bertz CT molecular complexity index is 222. The van der Waals surface area contributed by atoms with Gasteiger partial charge in [-0.1, -0.05) is 6.42 Å². The molecule has 0 amide bonds. The van der Waals surface area contributed by atoms with Crippen LogP contribution in [0.5, 0.6) is 0 Å². The van der Waals surface area contributed by atoms with Crippen LogP contribution in [0.15, 0.2) is 0 Å². The van der Waals surface area contributed by atoms with E-state index in [1.807, 2.05) is 0 Å². The minimum absolute atomic E-state index is 0.427. The highest BCUT2D eigenvalue weighted by atomic mass is 28.4. The summed E-state index contributed by atoms with van der Waals surface area (Å²) in [6.45, 7) is 0.